The van der Waals surface area contributed by atoms with Gasteiger partial charge in [-0.1, -0.05) is 48.5 Å². The molecule has 3 aromatic carbocycles. The number of benzene rings is 3. The molecule has 1 aliphatic heterocycles. The molecule has 2 heterocycles. The Balaban J connectivity index is 1.29. The number of hydrogen-bond acceptors (Lipinski definition) is 5. The molecule has 0 bridgehead atoms. The molecular weight excluding hydrogens is 392 g/mol. The van der Waals surface area contributed by atoms with Gasteiger partial charge >= 0.3 is 5.97 Å². The van der Waals surface area contributed by atoms with Gasteiger partial charge in [-0.25, -0.2) is 4.79 Å². The molecule has 0 aliphatic carbocycles. The number of aromatic nitrogens is 5. The highest BCUT2D eigenvalue weighted by atomic mass is 16.4. The van der Waals surface area contributed by atoms with Gasteiger partial charge in [-0.15, -0.1) is 0 Å². The Hall–Kier alpha value is -4.07. The molecule has 8 heteroatoms. The zero-order valence-corrected chi connectivity index (χ0v) is 16.8. The number of aromatic carboxylic acids is 1. The van der Waals surface area contributed by atoms with Crippen molar-refractivity contribution in [3.05, 3.63) is 95.1 Å². The van der Waals surface area contributed by atoms with Crippen LogP contribution in [0.3, 0.4) is 0 Å². The SMILES string of the molecule is O=C(O)c1ccccc1C[n+]1nnn(-c2ccc(CN3CCc4ccccc43)cc2)n1. The Bertz CT molecular complexity index is 1230. The van der Waals surface area contributed by atoms with E-state index in [9.17, 15) is 9.90 Å². The van der Waals surface area contributed by atoms with Gasteiger partial charge in [0.15, 0.2) is 10.9 Å². The lowest BCUT2D eigenvalue weighted by molar-refractivity contribution is -0.801. The average molecular weight is 413 g/mol. The fourth-order valence-corrected chi connectivity index (χ4v) is 3.93. The quantitative estimate of drug-likeness (QED) is 0.488. The van der Waals surface area contributed by atoms with E-state index in [4.69, 9.17) is 0 Å². The summed E-state index contributed by atoms with van der Waals surface area (Å²) in [5.41, 5.74) is 5.58. The van der Waals surface area contributed by atoms with Crippen molar-refractivity contribution in [1.29, 1.82) is 0 Å². The zero-order valence-electron chi connectivity index (χ0n) is 16.8. The van der Waals surface area contributed by atoms with Crippen LogP contribution in [0.5, 0.6) is 0 Å². The van der Waals surface area contributed by atoms with Gasteiger partial charge in [0.05, 0.1) is 10.8 Å². The summed E-state index contributed by atoms with van der Waals surface area (Å²) in [6, 6.07) is 23.4. The predicted molar refractivity (Wildman–Crippen MR) is 113 cm³/mol. The fraction of sp³-hybridized carbons (Fsp3) is 0.174. The third-order valence-electron chi connectivity index (χ3n) is 5.50. The van der Waals surface area contributed by atoms with E-state index in [1.807, 2.05) is 12.1 Å². The fourth-order valence-electron chi connectivity index (χ4n) is 3.93. The van der Waals surface area contributed by atoms with Crippen molar-refractivity contribution in [3.63, 3.8) is 0 Å². The van der Waals surface area contributed by atoms with Crippen LogP contribution in [0, 0.1) is 0 Å². The summed E-state index contributed by atoms with van der Waals surface area (Å²) < 4.78 is 0. The van der Waals surface area contributed by atoms with Crippen molar-refractivity contribution in [1.82, 2.24) is 20.4 Å². The summed E-state index contributed by atoms with van der Waals surface area (Å²) in [5, 5.41) is 21.8. The second-order valence-corrected chi connectivity index (χ2v) is 7.52. The standard InChI is InChI=1S/C23H20N6O2/c30-23(31)21-7-3-1-6-19(21)16-28-24-25-29(26-28)20-11-9-17(10-12-20)15-27-14-13-18-5-2-4-8-22(18)27/h1-12H,13-16H2/p+1. The van der Waals surface area contributed by atoms with E-state index in [1.165, 1.54) is 26.4 Å². The Morgan fingerprint density at radius 1 is 1.00 bits per heavy atom. The number of nitrogens with zero attached hydrogens (tertiary/aromatic N) is 6. The molecule has 0 saturated carbocycles. The van der Waals surface area contributed by atoms with E-state index in [0.717, 1.165) is 25.2 Å². The molecule has 1 N–H and O–H groups in total. The molecule has 8 nitrogen and oxygen atoms in total. The lowest BCUT2D eigenvalue weighted by Gasteiger charge is -2.19. The van der Waals surface area contributed by atoms with E-state index in [1.54, 1.807) is 24.3 Å². The maximum absolute atomic E-state index is 11.4. The van der Waals surface area contributed by atoms with Crippen LogP contribution < -0.4 is 9.70 Å². The Labute approximate surface area is 178 Å². The van der Waals surface area contributed by atoms with Gasteiger partial charge in [-0.3, -0.25) is 0 Å². The van der Waals surface area contributed by atoms with Gasteiger partial charge in [-0.2, -0.15) is 0 Å². The monoisotopic (exact) mass is 413 g/mol. The van der Waals surface area contributed by atoms with E-state index in [-0.39, 0.29) is 12.1 Å². The maximum atomic E-state index is 11.4. The third kappa shape index (κ3) is 3.87. The van der Waals surface area contributed by atoms with Gasteiger partial charge in [0.2, 0.25) is 0 Å². The van der Waals surface area contributed by atoms with Gasteiger partial charge in [0, 0.05) is 29.1 Å². The van der Waals surface area contributed by atoms with Crippen LogP contribution in [0.4, 0.5) is 5.69 Å². The number of rotatable bonds is 6. The van der Waals surface area contributed by atoms with Gasteiger partial charge in [0.25, 0.3) is 0 Å². The minimum Gasteiger partial charge on any atom is -0.478 e. The first-order valence-electron chi connectivity index (χ1n) is 10.1. The van der Waals surface area contributed by atoms with Crippen LogP contribution in [-0.4, -0.2) is 38.1 Å². The zero-order chi connectivity index (χ0) is 21.2. The van der Waals surface area contributed by atoms with Crippen molar-refractivity contribution in [3.8, 4) is 5.69 Å². The van der Waals surface area contributed by atoms with Crippen molar-refractivity contribution in [2.24, 2.45) is 0 Å². The van der Waals surface area contributed by atoms with Crippen molar-refractivity contribution in [2.75, 3.05) is 11.4 Å². The van der Waals surface area contributed by atoms with E-state index < -0.39 is 5.97 Å². The molecule has 0 saturated heterocycles. The predicted octanol–water partition coefficient (Wildman–Crippen LogP) is 2.26. The lowest BCUT2D eigenvalue weighted by Crippen LogP contribution is -2.40. The molecule has 0 unspecified atom stereocenters. The minimum absolute atomic E-state index is 0.231. The molecule has 4 aromatic rings. The van der Waals surface area contributed by atoms with Gasteiger partial charge < -0.3 is 10.0 Å². The second kappa shape index (κ2) is 7.98. The number of para-hydroxylation sites is 1. The lowest BCUT2D eigenvalue weighted by atomic mass is 10.1. The summed E-state index contributed by atoms with van der Waals surface area (Å²) in [6.45, 7) is 2.12. The van der Waals surface area contributed by atoms with Crippen molar-refractivity contribution >= 4 is 11.7 Å². The summed E-state index contributed by atoms with van der Waals surface area (Å²) >= 11 is 0. The number of fused-ring (bicyclic) bond motifs is 1. The molecule has 1 aromatic heterocycles. The second-order valence-electron chi connectivity index (χ2n) is 7.52. The minimum atomic E-state index is -0.972. The smallest absolute Gasteiger partial charge is 0.336 e. The van der Waals surface area contributed by atoms with Crippen LogP contribution >= 0.6 is 0 Å². The average Bonchev–Trinajstić information content (AvgIpc) is 3.42. The molecule has 0 radical (unpaired) electrons. The molecule has 0 amide bonds. The first-order chi connectivity index (χ1) is 15.2. The third-order valence-corrected chi connectivity index (χ3v) is 5.50. The molecule has 0 spiro atoms. The highest BCUT2D eigenvalue weighted by molar-refractivity contribution is 5.89. The Morgan fingerprint density at radius 2 is 1.77 bits per heavy atom. The molecule has 31 heavy (non-hydrogen) atoms. The van der Waals surface area contributed by atoms with Crippen LogP contribution in [0.1, 0.15) is 27.0 Å². The van der Waals surface area contributed by atoms with E-state index in [0.29, 0.717) is 5.56 Å². The molecule has 0 atom stereocenters. The summed E-state index contributed by atoms with van der Waals surface area (Å²) in [6.07, 6.45) is 1.09. The topological polar surface area (TPSA) is 88.0 Å². The van der Waals surface area contributed by atoms with Crippen molar-refractivity contribution < 1.29 is 14.7 Å². The first-order valence-corrected chi connectivity index (χ1v) is 10.1. The van der Waals surface area contributed by atoms with Crippen LogP contribution in [-0.2, 0) is 19.5 Å². The highest BCUT2D eigenvalue weighted by Gasteiger charge is 2.19. The number of hydrogen-bond donors (Lipinski definition) is 1. The first kappa shape index (κ1) is 18.9. The van der Waals surface area contributed by atoms with E-state index in [2.05, 4.69) is 56.9 Å². The maximum Gasteiger partial charge on any atom is 0.336 e. The largest absolute Gasteiger partial charge is 0.478 e. The molecule has 1 aliphatic rings. The molecule has 0 fully saturated rings. The van der Waals surface area contributed by atoms with Crippen LogP contribution in [0.2, 0.25) is 0 Å². The van der Waals surface area contributed by atoms with E-state index >= 15 is 0 Å². The highest BCUT2D eigenvalue weighted by Crippen LogP contribution is 2.28. The van der Waals surface area contributed by atoms with Gasteiger partial charge in [0.1, 0.15) is 11.8 Å². The summed E-state index contributed by atoms with van der Waals surface area (Å²) in [7, 11) is 0. The van der Waals surface area contributed by atoms with Crippen molar-refractivity contribution in [2.45, 2.75) is 19.5 Å². The summed E-state index contributed by atoms with van der Waals surface area (Å²) in [5.74, 6) is -0.972. The number of carboxylic acids is 1. The molecule has 5 rings (SSSR count). The number of anilines is 1. The summed E-state index contributed by atoms with van der Waals surface area (Å²) in [4.78, 5) is 16.6. The molecule has 154 valence electrons. The Kier molecular flexibility index (Phi) is 4.87. The van der Waals surface area contributed by atoms with Crippen LogP contribution in [0.15, 0.2) is 72.8 Å². The van der Waals surface area contributed by atoms with Gasteiger partial charge in [-0.05, 0) is 46.6 Å². The Morgan fingerprint density at radius 3 is 2.61 bits per heavy atom. The normalized spacial score (nSPS) is 12.7. The number of carbonyl (C=O) groups is 1. The molecular formula is C23H21N6O2+. The number of carboxylic acid groups (broad SMARTS) is 1. The van der Waals surface area contributed by atoms with Crippen LogP contribution in [0.25, 0.3) is 5.69 Å².